The molecule has 2 atom stereocenters. The summed E-state index contributed by atoms with van der Waals surface area (Å²) in [7, 11) is 1.66. The number of methoxy groups -OCH3 is 1. The number of aromatic nitrogens is 3. The highest BCUT2D eigenvalue weighted by atomic mass is 16.5. The number of aryl methyl sites for hydroxylation is 1. The van der Waals surface area contributed by atoms with E-state index in [-0.39, 0.29) is 18.1 Å². The summed E-state index contributed by atoms with van der Waals surface area (Å²) >= 11 is 0. The first kappa shape index (κ1) is 23.9. The Bertz CT molecular complexity index is 1030. The summed E-state index contributed by atoms with van der Waals surface area (Å²) in [5.41, 5.74) is 1.92. The maximum Gasteiger partial charge on any atom is 0.237 e. The van der Waals surface area contributed by atoms with Gasteiger partial charge in [-0.25, -0.2) is 0 Å². The van der Waals surface area contributed by atoms with Crippen molar-refractivity contribution < 1.29 is 14.3 Å². The van der Waals surface area contributed by atoms with E-state index in [2.05, 4.69) is 21.9 Å². The summed E-state index contributed by atoms with van der Waals surface area (Å²) in [6, 6.07) is 15.8. The van der Waals surface area contributed by atoms with E-state index in [1.807, 2.05) is 64.3 Å². The molecule has 0 spiro atoms. The van der Waals surface area contributed by atoms with E-state index in [4.69, 9.17) is 9.47 Å². The van der Waals surface area contributed by atoms with Gasteiger partial charge in [0.2, 0.25) is 5.91 Å². The number of pyridine rings is 1. The van der Waals surface area contributed by atoms with E-state index in [9.17, 15) is 4.79 Å². The number of benzene rings is 1. The molecular weight excluding hydrogens is 430 g/mol. The Labute approximate surface area is 201 Å². The van der Waals surface area contributed by atoms with Gasteiger partial charge in [-0.2, -0.15) is 5.10 Å². The average Bonchev–Trinajstić information content (AvgIpc) is 3.34. The van der Waals surface area contributed by atoms with Crippen LogP contribution >= 0.6 is 0 Å². The van der Waals surface area contributed by atoms with Crippen molar-refractivity contribution in [2.75, 3.05) is 26.7 Å². The van der Waals surface area contributed by atoms with Gasteiger partial charge in [0.05, 0.1) is 38.6 Å². The van der Waals surface area contributed by atoms with Crippen molar-refractivity contribution in [2.24, 2.45) is 0 Å². The topological polar surface area (TPSA) is 72.7 Å². The van der Waals surface area contributed by atoms with Gasteiger partial charge in [0.25, 0.3) is 0 Å². The van der Waals surface area contributed by atoms with Crippen molar-refractivity contribution in [1.29, 1.82) is 0 Å². The van der Waals surface area contributed by atoms with Gasteiger partial charge in [-0.05, 0) is 49.2 Å². The fraction of sp³-hybridized carbons (Fsp3) is 0.423. The van der Waals surface area contributed by atoms with Crippen LogP contribution in [0, 0.1) is 0 Å². The quantitative estimate of drug-likeness (QED) is 0.460. The Morgan fingerprint density at radius 2 is 2.03 bits per heavy atom. The number of hydrogen-bond acceptors (Lipinski definition) is 6. The lowest BCUT2D eigenvalue weighted by atomic mass is 10.2. The van der Waals surface area contributed by atoms with Gasteiger partial charge in [0, 0.05) is 44.3 Å². The molecule has 4 rings (SSSR count). The molecule has 8 nitrogen and oxygen atoms in total. The SMILES string of the molecule is COc1cccc(COC2CN(Cc3ccccn3)C(=O)CN(C(C)CCn3cccn3)C2)c1. The van der Waals surface area contributed by atoms with Crippen LogP contribution in [0.25, 0.3) is 0 Å². The van der Waals surface area contributed by atoms with Gasteiger partial charge >= 0.3 is 0 Å². The Morgan fingerprint density at radius 3 is 2.79 bits per heavy atom. The summed E-state index contributed by atoms with van der Waals surface area (Å²) in [5, 5.41) is 4.30. The zero-order chi connectivity index (χ0) is 23.8. The molecule has 1 aromatic carbocycles. The third-order valence-corrected chi connectivity index (χ3v) is 6.21. The number of carbonyl (C=O) groups is 1. The van der Waals surface area contributed by atoms with Crippen LogP contribution in [0.3, 0.4) is 0 Å². The molecule has 1 fully saturated rings. The smallest absolute Gasteiger partial charge is 0.237 e. The highest BCUT2D eigenvalue weighted by molar-refractivity contribution is 5.78. The van der Waals surface area contributed by atoms with Crippen molar-refractivity contribution in [3.63, 3.8) is 0 Å². The molecule has 0 radical (unpaired) electrons. The molecule has 0 saturated carbocycles. The molecular formula is C26H33N5O3. The molecule has 2 unspecified atom stereocenters. The van der Waals surface area contributed by atoms with Crippen LogP contribution in [0.5, 0.6) is 5.75 Å². The van der Waals surface area contributed by atoms with Crippen LogP contribution < -0.4 is 4.74 Å². The van der Waals surface area contributed by atoms with E-state index < -0.39 is 0 Å². The third-order valence-electron chi connectivity index (χ3n) is 6.21. The summed E-state index contributed by atoms with van der Waals surface area (Å²) in [4.78, 5) is 21.8. The lowest BCUT2D eigenvalue weighted by Crippen LogP contribution is -2.41. The Hall–Kier alpha value is -3.23. The van der Waals surface area contributed by atoms with Gasteiger partial charge in [-0.3, -0.25) is 19.4 Å². The van der Waals surface area contributed by atoms with E-state index in [1.54, 1.807) is 19.5 Å². The van der Waals surface area contributed by atoms with E-state index in [0.29, 0.717) is 32.8 Å². The van der Waals surface area contributed by atoms with Crippen molar-refractivity contribution in [2.45, 2.75) is 45.2 Å². The van der Waals surface area contributed by atoms with Gasteiger partial charge < -0.3 is 14.4 Å². The Balaban J connectivity index is 1.45. The maximum absolute atomic E-state index is 13.2. The molecule has 0 N–H and O–H groups in total. The lowest BCUT2D eigenvalue weighted by Gasteiger charge is -2.29. The van der Waals surface area contributed by atoms with Crippen LogP contribution in [0.1, 0.15) is 24.6 Å². The Kier molecular flexibility index (Phi) is 8.27. The molecule has 0 aliphatic carbocycles. The van der Waals surface area contributed by atoms with Crippen LogP contribution in [-0.2, 0) is 29.2 Å². The van der Waals surface area contributed by atoms with Crippen molar-refractivity contribution >= 4 is 5.91 Å². The molecule has 34 heavy (non-hydrogen) atoms. The highest BCUT2D eigenvalue weighted by Gasteiger charge is 2.31. The van der Waals surface area contributed by atoms with E-state index in [1.165, 1.54) is 0 Å². The maximum atomic E-state index is 13.2. The van der Waals surface area contributed by atoms with Crippen LogP contribution in [0.2, 0.25) is 0 Å². The summed E-state index contributed by atoms with van der Waals surface area (Å²) < 4.78 is 13.6. The fourth-order valence-corrected chi connectivity index (χ4v) is 4.20. The fourth-order valence-electron chi connectivity index (χ4n) is 4.20. The average molecular weight is 464 g/mol. The number of rotatable bonds is 10. The van der Waals surface area contributed by atoms with E-state index in [0.717, 1.165) is 30.0 Å². The zero-order valence-electron chi connectivity index (χ0n) is 19.9. The number of hydrogen-bond donors (Lipinski definition) is 0. The first-order valence-corrected chi connectivity index (χ1v) is 11.7. The summed E-state index contributed by atoms with van der Waals surface area (Å²) in [6.45, 7) is 5.51. The summed E-state index contributed by atoms with van der Waals surface area (Å²) in [6.07, 6.45) is 6.30. The van der Waals surface area contributed by atoms with Gasteiger partial charge in [0.1, 0.15) is 5.75 Å². The van der Waals surface area contributed by atoms with Gasteiger partial charge in [-0.1, -0.05) is 18.2 Å². The van der Waals surface area contributed by atoms with Crippen LogP contribution in [0.15, 0.2) is 67.1 Å². The molecule has 1 saturated heterocycles. The number of amides is 1. The standard InChI is InChI=1S/C26H33N5O3/c1-21(10-14-31-13-6-12-28-31)29-17-25(34-20-22-7-5-9-24(15-22)33-2)18-30(26(32)19-29)16-23-8-3-4-11-27-23/h3-9,11-13,15,21,25H,10,14,16-20H2,1-2H3. The largest absolute Gasteiger partial charge is 0.497 e. The Morgan fingerprint density at radius 1 is 1.12 bits per heavy atom. The second-order valence-electron chi connectivity index (χ2n) is 8.72. The predicted molar refractivity (Wildman–Crippen MR) is 129 cm³/mol. The van der Waals surface area contributed by atoms with E-state index >= 15 is 0 Å². The second kappa shape index (κ2) is 11.8. The minimum absolute atomic E-state index is 0.101. The molecule has 3 heterocycles. The molecule has 1 amide bonds. The molecule has 180 valence electrons. The third kappa shape index (κ3) is 6.65. The van der Waals surface area contributed by atoms with Gasteiger partial charge in [0.15, 0.2) is 0 Å². The first-order chi connectivity index (χ1) is 16.6. The normalized spacial score (nSPS) is 18.0. The molecule has 1 aliphatic rings. The van der Waals surface area contributed by atoms with Crippen LogP contribution in [0.4, 0.5) is 0 Å². The molecule has 2 aromatic heterocycles. The zero-order valence-corrected chi connectivity index (χ0v) is 19.9. The monoisotopic (exact) mass is 463 g/mol. The number of carbonyl (C=O) groups excluding carboxylic acids is 1. The predicted octanol–water partition coefficient (Wildman–Crippen LogP) is 3.00. The molecule has 0 bridgehead atoms. The number of ether oxygens (including phenoxy) is 2. The molecule has 1 aliphatic heterocycles. The van der Waals surface area contributed by atoms with Crippen LogP contribution in [-0.4, -0.2) is 69.4 Å². The highest BCUT2D eigenvalue weighted by Crippen LogP contribution is 2.18. The minimum Gasteiger partial charge on any atom is -0.497 e. The molecule has 8 heteroatoms. The van der Waals surface area contributed by atoms with Crippen molar-refractivity contribution in [1.82, 2.24) is 24.6 Å². The second-order valence-corrected chi connectivity index (χ2v) is 8.72. The number of nitrogens with zero attached hydrogens (tertiary/aromatic N) is 5. The van der Waals surface area contributed by atoms with Crippen molar-refractivity contribution in [3.8, 4) is 5.75 Å². The van der Waals surface area contributed by atoms with Crippen molar-refractivity contribution in [3.05, 3.63) is 78.4 Å². The molecule has 3 aromatic rings. The lowest BCUT2D eigenvalue weighted by molar-refractivity contribution is -0.132. The van der Waals surface area contributed by atoms with Gasteiger partial charge in [-0.15, -0.1) is 0 Å². The summed E-state index contributed by atoms with van der Waals surface area (Å²) in [5.74, 6) is 0.909. The minimum atomic E-state index is -0.117. The first-order valence-electron chi connectivity index (χ1n) is 11.7.